The molecule has 1 aromatic rings. The van der Waals surface area contributed by atoms with Crippen LogP contribution in [0.2, 0.25) is 0 Å². The predicted molar refractivity (Wildman–Crippen MR) is 77.9 cm³/mol. The van der Waals surface area contributed by atoms with Crippen molar-refractivity contribution in [2.24, 2.45) is 11.3 Å². The smallest absolute Gasteiger partial charge is 0.134 e. The lowest BCUT2D eigenvalue weighted by Gasteiger charge is -2.31. The first-order valence-electron chi connectivity index (χ1n) is 6.90. The van der Waals surface area contributed by atoms with Gasteiger partial charge in [-0.1, -0.05) is 27.7 Å². The van der Waals surface area contributed by atoms with Crippen LogP contribution in [0, 0.1) is 23.0 Å². The third-order valence-corrected chi connectivity index (χ3v) is 4.05. The van der Waals surface area contributed by atoms with E-state index in [1.807, 2.05) is 0 Å². The van der Waals surface area contributed by atoms with Gasteiger partial charge < -0.3 is 10.1 Å². The van der Waals surface area contributed by atoms with Crippen molar-refractivity contribution in [3.63, 3.8) is 0 Å². The highest BCUT2D eigenvalue weighted by Crippen LogP contribution is 2.35. The van der Waals surface area contributed by atoms with Gasteiger partial charge in [-0.3, -0.25) is 0 Å². The number of rotatable bonds is 5. The van der Waals surface area contributed by atoms with Crippen LogP contribution in [0.3, 0.4) is 0 Å². The lowest BCUT2D eigenvalue weighted by molar-refractivity contribution is 0.223. The van der Waals surface area contributed by atoms with Gasteiger partial charge in [0.05, 0.1) is 7.11 Å². The lowest BCUT2D eigenvalue weighted by atomic mass is 9.77. The number of hydrogen-bond donors (Lipinski definition) is 1. The van der Waals surface area contributed by atoms with Gasteiger partial charge in [0.2, 0.25) is 0 Å². The second kappa shape index (κ2) is 6.53. The molecule has 2 unspecified atom stereocenters. The molecule has 20 heavy (non-hydrogen) atoms. The third kappa shape index (κ3) is 3.92. The van der Waals surface area contributed by atoms with Gasteiger partial charge in [-0.15, -0.1) is 0 Å². The normalized spacial score (nSPS) is 15.0. The molecule has 0 fully saturated rings. The predicted octanol–water partition coefficient (Wildman–Crippen LogP) is 4.31. The second-order valence-corrected chi connectivity index (χ2v) is 6.35. The highest BCUT2D eigenvalue weighted by Gasteiger charge is 2.27. The molecule has 0 spiro atoms. The Kier molecular flexibility index (Phi) is 5.51. The van der Waals surface area contributed by atoms with Gasteiger partial charge >= 0.3 is 0 Å². The summed E-state index contributed by atoms with van der Waals surface area (Å²) in [6.45, 7) is 8.49. The Morgan fingerprint density at radius 1 is 1.20 bits per heavy atom. The Bertz CT molecular complexity index is 431. The van der Waals surface area contributed by atoms with Gasteiger partial charge in [0.15, 0.2) is 0 Å². The van der Waals surface area contributed by atoms with Gasteiger partial charge in [-0.05, 0) is 24.8 Å². The van der Waals surface area contributed by atoms with Crippen LogP contribution in [0.15, 0.2) is 12.1 Å². The van der Waals surface area contributed by atoms with Gasteiger partial charge in [-0.2, -0.15) is 0 Å². The van der Waals surface area contributed by atoms with Crippen molar-refractivity contribution >= 4 is 0 Å². The summed E-state index contributed by atoms with van der Waals surface area (Å²) in [5.41, 5.74) is 0.179. The van der Waals surface area contributed by atoms with Crippen LogP contribution in [0.4, 0.5) is 8.78 Å². The highest BCUT2D eigenvalue weighted by molar-refractivity contribution is 5.32. The van der Waals surface area contributed by atoms with E-state index in [0.29, 0.717) is 12.3 Å². The van der Waals surface area contributed by atoms with Gasteiger partial charge in [0, 0.05) is 23.7 Å². The van der Waals surface area contributed by atoms with E-state index in [4.69, 9.17) is 4.74 Å². The van der Waals surface area contributed by atoms with Crippen LogP contribution in [-0.4, -0.2) is 14.2 Å². The molecule has 1 N–H and O–H groups in total. The zero-order valence-electron chi connectivity index (χ0n) is 13.2. The lowest BCUT2D eigenvalue weighted by Crippen LogP contribution is -2.26. The molecule has 2 nitrogen and oxygen atoms in total. The monoisotopic (exact) mass is 285 g/mol. The van der Waals surface area contributed by atoms with Crippen LogP contribution in [0.25, 0.3) is 0 Å². The zero-order chi connectivity index (χ0) is 15.5. The standard InChI is InChI=1S/C16H25F2NO/c1-10(16(2,3)4)7-14(19-5)15-12(17)8-11(20-6)9-13(15)18/h8-10,14,19H,7H2,1-6H3. The van der Waals surface area contributed by atoms with Crippen molar-refractivity contribution < 1.29 is 13.5 Å². The molecular weight excluding hydrogens is 260 g/mol. The molecular formula is C16H25F2NO. The summed E-state index contributed by atoms with van der Waals surface area (Å²) in [6, 6.07) is 2.10. The number of ether oxygens (including phenoxy) is 1. The van der Waals surface area contributed by atoms with E-state index in [1.165, 1.54) is 19.2 Å². The Labute approximate surface area is 120 Å². The fraction of sp³-hybridized carbons (Fsp3) is 0.625. The maximum Gasteiger partial charge on any atom is 0.134 e. The number of halogens is 2. The molecule has 0 aliphatic rings. The molecule has 0 amide bonds. The number of benzene rings is 1. The molecule has 0 aliphatic heterocycles. The van der Waals surface area contributed by atoms with Gasteiger partial charge in [0.25, 0.3) is 0 Å². The first kappa shape index (κ1) is 16.9. The molecule has 0 aliphatic carbocycles. The molecule has 4 heteroatoms. The highest BCUT2D eigenvalue weighted by atomic mass is 19.1. The zero-order valence-corrected chi connectivity index (χ0v) is 13.2. The Morgan fingerprint density at radius 2 is 1.70 bits per heavy atom. The molecule has 1 aromatic carbocycles. The van der Waals surface area contributed by atoms with Crippen LogP contribution in [-0.2, 0) is 0 Å². The molecule has 0 saturated heterocycles. The molecule has 0 saturated carbocycles. The van der Waals surface area contributed by atoms with Crippen molar-refractivity contribution in [3.8, 4) is 5.75 Å². The molecule has 0 heterocycles. The first-order chi connectivity index (χ1) is 9.20. The molecule has 0 bridgehead atoms. The summed E-state index contributed by atoms with van der Waals surface area (Å²) < 4.78 is 33.1. The van der Waals surface area contributed by atoms with Crippen molar-refractivity contribution in [2.45, 2.75) is 40.2 Å². The van der Waals surface area contributed by atoms with E-state index in [9.17, 15) is 8.78 Å². The van der Waals surface area contributed by atoms with Gasteiger partial charge in [-0.25, -0.2) is 8.78 Å². The summed E-state index contributed by atoms with van der Waals surface area (Å²) in [5.74, 6) is -0.618. The SMILES string of the molecule is CNC(CC(C)C(C)(C)C)c1c(F)cc(OC)cc1F. The number of nitrogens with one attached hydrogen (secondary N) is 1. The Morgan fingerprint density at radius 3 is 2.05 bits per heavy atom. The van der Waals surface area contributed by atoms with Crippen LogP contribution in [0.1, 0.15) is 45.7 Å². The van der Waals surface area contributed by atoms with Gasteiger partial charge in [0.1, 0.15) is 17.4 Å². The van der Waals surface area contributed by atoms with E-state index in [2.05, 4.69) is 33.0 Å². The molecule has 114 valence electrons. The van der Waals surface area contributed by atoms with E-state index >= 15 is 0 Å². The number of hydrogen-bond acceptors (Lipinski definition) is 2. The van der Waals surface area contributed by atoms with Crippen molar-refractivity contribution in [3.05, 3.63) is 29.3 Å². The van der Waals surface area contributed by atoms with Crippen molar-refractivity contribution in [1.82, 2.24) is 5.32 Å². The average Bonchev–Trinajstić information content (AvgIpc) is 2.34. The Hall–Kier alpha value is -1.16. The average molecular weight is 285 g/mol. The Balaban J connectivity index is 3.07. The quantitative estimate of drug-likeness (QED) is 0.870. The number of methoxy groups -OCH3 is 1. The van der Waals surface area contributed by atoms with Crippen LogP contribution in [0.5, 0.6) is 5.75 Å². The maximum absolute atomic E-state index is 14.1. The van der Waals surface area contributed by atoms with E-state index in [0.717, 1.165) is 0 Å². The molecule has 0 radical (unpaired) electrons. The first-order valence-corrected chi connectivity index (χ1v) is 6.90. The topological polar surface area (TPSA) is 21.3 Å². The van der Waals surface area contributed by atoms with Crippen molar-refractivity contribution in [1.29, 1.82) is 0 Å². The largest absolute Gasteiger partial charge is 0.497 e. The second-order valence-electron chi connectivity index (χ2n) is 6.35. The minimum atomic E-state index is -0.567. The molecule has 0 aromatic heterocycles. The summed E-state index contributed by atoms with van der Waals surface area (Å²) in [5, 5.41) is 3.02. The summed E-state index contributed by atoms with van der Waals surface area (Å²) in [4.78, 5) is 0. The van der Waals surface area contributed by atoms with Crippen molar-refractivity contribution in [2.75, 3.05) is 14.2 Å². The van der Waals surface area contributed by atoms with E-state index in [-0.39, 0.29) is 22.8 Å². The van der Waals surface area contributed by atoms with Crippen LogP contribution >= 0.6 is 0 Å². The summed E-state index contributed by atoms with van der Waals surface area (Å²) in [7, 11) is 3.12. The summed E-state index contributed by atoms with van der Waals surface area (Å²) >= 11 is 0. The minimum absolute atomic E-state index is 0.0874. The minimum Gasteiger partial charge on any atom is -0.497 e. The van der Waals surface area contributed by atoms with E-state index in [1.54, 1.807) is 7.05 Å². The molecule has 1 rings (SSSR count). The third-order valence-electron chi connectivity index (χ3n) is 4.05. The maximum atomic E-state index is 14.1. The summed E-state index contributed by atoms with van der Waals surface area (Å²) in [6.07, 6.45) is 0.667. The molecule has 2 atom stereocenters. The fourth-order valence-electron chi connectivity index (χ4n) is 2.10. The van der Waals surface area contributed by atoms with Crippen LogP contribution < -0.4 is 10.1 Å². The fourth-order valence-corrected chi connectivity index (χ4v) is 2.10. The van der Waals surface area contributed by atoms with E-state index < -0.39 is 11.6 Å².